The Labute approximate surface area is 139 Å². The van der Waals surface area contributed by atoms with Crippen molar-refractivity contribution in [2.24, 2.45) is 0 Å². The Morgan fingerprint density at radius 2 is 2.26 bits per heavy atom. The molecule has 1 aliphatic rings. The van der Waals surface area contributed by atoms with Crippen LogP contribution in [0.1, 0.15) is 47.3 Å². The zero-order chi connectivity index (χ0) is 16.4. The molecule has 1 heterocycles. The Morgan fingerprint density at radius 1 is 1.48 bits per heavy atom. The number of carbonyl (C=O) groups is 1. The van der Waals surface area contributed by atoms with Gasteiger partial charge in [0.05, 0.1) is 18.2 Å². The summed E-state index contributed by atoms with van der Waals surface area (Å²) in [5.74, 6) is 0. The van der Waals surface area contributed by atoms with Crippen molar-refractivity contribution in [1.82, 2.24) is 15.6 Å². The zero-order valence-electron chi connectivity index (χ0n) is 13.2. The van der Waals surface area contributed by atoms with Gasteiger partial charge in [0, 0.05) is 17.5 Å². The topological polar surface area (TPSA) is 74.2 Å². The van der Waals surface area contributed by atoms with Crippen LogP contribution in [0.15, 0.2) is 29.6 Å². The van der Waals surface area contributed by atoms with Gasteiger partial charge >= 0.3 is 6.03 Å². The minimum absolute atomic E-state index is 0.109. The molecule has 0 aliphatic heterocycles. The van der Waals surface area contributed by atoms with Gasteiger partial charge in [-0.3, -0.25) is 0 Å². The number of hydrogen-bond acceptors (Lipinski definition) is 4. The van der Waals surface area contributed by atoms with Crippen molar-refractivity contribution in [2.75, 3.05) is 0 Å². The number of aliphatic hydroxyl groups excluding tert-OH is 1. The third kappa shape index (κ3) is 3.38. The van der Waals surface area contributed by atoms with E-state index in [0.29, 0.717) is 6.42 Å². The quantitative estimate of drug-likeness (QED) is 0.806. The van der Waals surface area contributed by atoms with E-state index < -0.39 is 6.10 Å². The number of aryl methyl sites for hydroxylation is 1. The summed E-state index contributed by atoms with van der Waals surface area (Å²) >= 11 is 1.55. The van der Waals surface area contributed by atoms with Crippen molar-refractivity contribution < 1.29 is 9.90 Å². The molecular formula is C17H21N3O2S. The maximum absolute atomic E-state index is 12.3. The van der Waals surface area contributed by atoms with Crippen LogP contribution in [0.4, 0.5) is 4.79 Å². The first-order chi connectivity index (χ1) is 11.1. The highest BCUT2D eigenvalue weighted by molar-refractivity contribution is 7.09. The summed E-state index contributed by atoms with van der Waals surface area (Å²) in [6, 6.07) is 7.08. The molecule has 1 aromatic heterocycles. The molecule has 6 heteroatoms. The predicted molar refractivity (Wildman–Crippen MR) is 90.4 cm³/mol. The van der Waals surface area contributed by atoms with Gasteiger partial charge in [0.25, 0.3) is 0 Å². The van der Waals surface area contributed by atoms with Gasteiger partial charge in [-0.05, 0) is 24.5 Å². The van der Waals surface area contributed by atoms with E-state index in [0.717, 1.165) is 28.2 Å². The van der Waals surface area contributed by atoms with Crippen molar-refractivity contribution in [3.8, 4) is 0 Å². The normalized spacial score (nSPS) is 20.8. The first kappa shape index (κ1) is 16.0. The number of benzene rings is 1. The van der Waals surface area contributed by atoms with E-state index in [1.165, 1.54) is 0 Å². The summed E-state index contributed by atoms with van der Waals surface area (Å²) < 4.78 is 0. The number of nitrogens with one attached hydrogen (secondary N) is 2. The van der Waals surface area contributed by atoms with Gasteiger partial charge in [0.15, 0.2) is 0 Å². The maximum atomic E-state index is 12.3. The van der Waals surface area contributed by atoms with Crippen LogP contribution in [0.5, 0.6) is 0 Å². The third-order valence-corrected chi connectivity index (χ3v) is 5.22. The summed E-state index contributed by atoms with van der Waals surface area (Å²) in [7, 11) is 0. The first-order valence-corrected chi connectivity index (χ1v) is 8.71. The lowest BCUT2D eigenvalue weighted by Crippen LogP contribution is -2.42. The van der Waals surface area contributed by atoms with Crippen molar-refractivity contribution in [2.45, 2.75) is 44.9 Å². The Morgan fingerprint density at radius 3 is 2.96 bits per heavy atom. The number of rotatable bonds is 4. The van der Waals surface area contributed by atoms with Gasteiger partial charge in [-0.2, -0.15) is 0 Å². The highest BCUT2D eigenvalue weighted by atomic mass is 32.1. The highest BCUT2D eigenvalue weighted by Gasteiger charge is 2.32. The summed E-state index contributed by atoms with van der Waals surface area (Å²) in [6.07, 6.45) is 0.758. The zero-order valence-corrected chi connectivity index (χ0v) is 14.1. The number of nitrogens with zero attached hydrogens (tertiary/aromatic N) is 1. The molecule has 23 heavy (non-hydrogen) atoms. The summed E-state index contributed by atoms with van der Waals surface area (Å²) in [4.78, 5) is 16.8. The smallest absolute Gasteiger partial charge is 0.315 e. The second-order valence-corrected chi connectivity index (χ2v) is 6.74. The second kappa shape index (κ2) is 6.68. The van der Waals surface area contributed by atoms with E-state index in [1.807, 2.05) is 43.5 Å². The van der Waals surface area contributed by atoms with E-state index in [2.05, 4.69) is 15.6 Å². The van der Waals surface area contributed by atoms with Crippen LogP contribution in [0.25, 0.3) is 0 Å². The average molecular weight is 331 g/mol. The van der Waals surface area contributed by atoms with E-state index >= 15 is 0 Å². The molecule has 0 radical (unpaired) electrons. The minimum atomic E-state index is -0.583. The molecule has 0 spiro atoms. The summed E-state index contributed by atoms with van der Waals surface area (Å²) in [5, 5.41) is 19.0. The number of hydrogen-bond donors (Lipinski definition) is 3. The molecule has 5 nitrogen and oxygen atoms in total. The van der Waals surface area contributed by atoms with E-state index in [-0.39, 0.29) is 18.1 Å². The molecular weight excluding hydrogens is 310 g/mol. The van der Waals surface area contributed by atoms with Crippen molar-refractivity contribution in [3.05, 3.63) is 51.5 Å². The molecule has 3 atom stereocenters. The number of thiazole rings is 1. The maximum Gasteiger partial charge on any atom is 0.315 e. The van der Waals surface area contributed by atoms with Gasteiger partial charge in [0.1, 0.15) is 5.01 Å². The fraction of sp³-hybridized carbons (Fsp3) is 0.412. The molecule has 1 aliphatic carbocycles. The van der Waals surface area contributed by atoms with Crippen LogP contribution in [0.2, 0.25) is 0 Å². The summed E-state index contributed by atoms with van der Waals surface area (Å²) in [6.45, 7) is 3.96. The Bertz CT molecular complexity index is 701. The Kier molecular flexibility index (Phi) is 4.63. The molecule has 0 fully saturated rings. The number of fused-ring (bicyclic) bond motifs is 1. The van der Waals surface area contributed by atoms with Crippen LogP contribution in [-0.2, 0) is 6.42 Å². The molecule has 0 saturated heterocycles. The average Bonchev–Trinajstić information content (AvgIpc) is 3.09. The molecule has 3 N–H and O–H groups in total. The SMILES string of the molecule is CCC(NC(=O)NC1c2ccccc2CC1O)c1nc(C)cs1. The molecule has 2 amide bonds. The number of carbonyl (C=O) groups excluding carboxylic acids is 1. The fourth-order valence-corrected chi connectivity index (χ4v) is 3.89. The van der Waals surface area contributed by atoms with Crippen LogP contribution < -0.4 is 10.6 Å². The lowest BCUT2D eigenvalue weighted by molar-refractivity contribution is 0.141. The van der Waals surface area contributed by atoms with Crippen LogP contribution in [0.3, 0.4) is 0 Å². The van der Waals surface area contributed by atoms with Gasteiger partial charge in [0.2, 0.25) is 0 Å². The number of amides is 2. The number of aliphatic hydroxyl groups is 1. The van der Waals surface area contributed by atoms with Crippen molar-refractivity contribution in [1.29, 1.82) is 0 Å². The molecule has 3 unspecified atom stereocenters. The van der Waals surface area contributed by atoms with Crippen molar-refractivity contribution in [3.63, 3.8) is 0 Å². The highest BCUT2D eigenvalue weighted by Crippen LogP contribution is 2.31. The predicted octanol–water partition coefficient (Wildman–Crippen LogP) is 2.86. The molecule has 1 aromatic carbocycles. The Balaban J connectivity index is 1.67. The van der Waals surface area contributed by atoms with E-state index in [4.69, 9.17) is 0 Å². The standard InChI is InChI=1S/C17H21N3O2S/c1-3-13(16-18-10(2)9-23-16)19-17(22)20-15-12-7-5-4-6-11(12)8-14(15)21/h4-7,9,13-15,21H,3,8H2,1-2H3,(H2,19,20,22). The van der Waals surface area contributed by atoms with Crippen molar-refractivity contribution >= 4 is 17.4 Å². The molecule has 122 valence electrons. The fourth-order valence-electron chi connectivity index (χ4n) is 2.96. The monoisotopic (exact) mass is 331 g/mol. The first-order valence-electron chi connectivity index (χ1n) is 7.83. The largest absolute Gasteiger partial charge is 0.390 e. The van der Waals surface area contributed by atoms with Gasteiger partial charge in [-0.1, -0.05) is 31.2 Å². The van der Waals surface area contributed by atoms with Gasteiger partial charge in [-0.25, -0.2) is 9.78 Å². The second-order valence-electron chi connectivity index (χ2n) is 5.85. The lowest BCUT2D eigenvalue weighted by Gasteiger charge is -2.21. The third-order valence-electron chi connectivity index (χ3n) is 4.14. The molecule has 0 bridgehead atoms. The Hall–Kier alpha value is -1.92. The number of aromatic nitrogens is 1. The lowest BCUT2D eigenvalue weighted by atomic mass is 10.1. The van der Waals surface area contributed by atoms with Crippen LogP contribution in [-0.4, -0.2) is 22.2 Å². The molecule has 2 aromatic rings. The van der Waals surface area contributed by atoms with Crippen LogP contribution in [0, 0.1) is 6.92 Å². The molecule has 0 saturated carbocycles. The van der Waals surface area contributed by atoms with Crippen LogP contribution >= 0.6 is 11.3 Å². The molecule has 3 rings (SSSR count). The van der Waals surface area contributed by atoms with E-state index in [1.54, 1.807) is 11.3 Å². The van der Waals surface area contributed by atoms with Gasteiger partial charge in [-0.15, -0.1) is 11.3 Å². The number of urea groups is 1. The van der Waals surface area contributed by atoms with Gasteiger partial charge < -0.3 is 15.7 Å². The minimum Gasteiger partial charge on any atom is -0.390 e. The van der Waals surface area contributed by atoms with E-state index in [9.17, 15) is 9.90 Å². The summed E-state index contributed by atoms with van der Waals surface area (Å²) in [5.41, 5.74) is 3.05.